The Hall–Kier alpha value is -3.21. The number of amides is 2. The van der Waals surface area contributed by atoms with E-state index < -0.39 is 26.6 Å². The summed E-state index contributed by atoms with van der Waals surface area (Å²) in [6.07, 6.45) is 1.74. The summed E-state index contributed by atoms with van der Waals surface area (Å²) >= 11 is 0. The molecule has 0 spiro atoms. The zero-order valence-electron chi connectivity index (χ0n) is 22.0. The van der Waals surface area contributed by atoms with Gasteiger partial charge in [-0.2, -0.15) is 0 Å². The van der Waals surface area contributed by atoms with Crippen LogP contribution in [0.15, 0.2) is 36.5 Å². The van der Waals surface area contributed by atoms with E-state index >= 15 is 0 Å². The van der Waals surface area contributed by atoms with Crippen molar-refractivity contribution in [2.45, 2.75) is 30.7 Å². The smallest absolute Gasteiger partial charge is 0.328 e. The van der Waals surface area contributed by atoms with Gasteiger partial charge >= 0.3 is 6.03 Å². The number of ether oxygens (including phenoxy) is 1. The molecule has 1 aromatic heterocycles. The molecule has 0 aliphatic carbocycles. The monoisotopic (exact) mass is 546 g/mol. The van der Waals surface area contributed by atoms with Gasteiger partial charge in [-0.1, -0.05) is 24.0 Å². The maximum absolute atomic E-state index is 12.8. The Morgan fingerprint density at radius 2 is 1.92 bits per heavy atom. The van der Waals surface area contributed by atoms with E-state index in [-0.39, 0.29) is 25.5 Å². The number of benzene rings is 1. The van der Waals surface area contributed by atoms with Crippen LogP contribution in [-0.2, 0) is 25.9 Å². The first-order chi connectivity index (χ1) is 17.9. The molecular formula is C26H34N4O7S. The van der Waals surface area contributed by atoms with E-state index in [0.29, 0.717) is 24.4 Å². The average molecular weight is 547 g/mol. The highest BCUT2D eigenvalue weighted by atomic mass is 32.2. The summed E-state index contributed by atoms with van der Waals surface area (Å²) in [7, 11) is -0.292. The van der Waals surface area contributed by atoms with Gasteiger partial charge in [-0.05, 0) is 44.2 Å². The second kappa shape index (κ2) is 12.1. The van der Waals surface area contributed by atoms with Crippen molar-refractivity contribution in [1.29, 1.82) is 0 Å². The third-order valence-corrected chi connectivity index (χ3v) is 8.82. The van der Waals surface area contributed by atoms with Crippen LogP contribution in [0.1, 0.15) is 41.8 Å². The lowest BCUT2D eigenvalue weighted by molar-refractivity contribution is -0.131. The maximum atomic E-state index is 12.8. The molecule has 0 radical (unpaired) electrons. The summed E-state index contributed by atoms with van der Waals surface area (Å²) in [6, 6.07) is 8.77. The fraction of sp³-hybridized carbons (Fsp3) is 0.462. The number of sulfone groups is 1. The van der Waals surface area contributed by atoms with E-state index in [2.05, 4.69) is 11.8 Å². The van der Waals surface area contributed by atoms with Crippen LogP contribution in [0.5, 0.6) is 0 Å². The minimum absolute atomic E-state index is 0.0128. The molecular weight excluding hydrogens is 512 g/mol. The van der Waals surface area contributed by atoms with Gasteiger partial charge in [0.2, 0.25) is 0 Å². The molecule has 2 aromatic rings. The number of likely N-dealkylation sites (N-methyl/N-ethyl adjacent to an activating group) is 1. The predicted octanol–water partition coefficient (Wildman–Crippen LogP) is 0.982. The Balaban J connectivity index is 1.62. The largest absolute Gasteiger partial charge is 0.387 e. The number of methoxy groups -OCH3 is 1. The molecule has 206 valence electrons. The molecule has 1 aliphatic heterocycles. The number of fused-ring (bicyclic) bond motifs is 1. The van der Waals surface area contributed by atoms with Crippen LogP contribution < -0.4 is 5.48 Å². The van der Waals surface area contributed by atoms with E-state index in [1.54, 1.807) is 19.4 Å². The van der Waals surface area contributed by atoms with Gasteiger partial charge in [0, 0.05) is 56.0 Å². The fourth-order valence-corrected chi connectivity index (χ4v) is 4.92. The minimum atomic E-state index is -3.85. The quantitative estimate of drug-likeness (QED) is 0.215. The standard InChI is InChI=1S/C26H34N4O7S/c1-26(24(32)27-34,38(4,35)36)11-12-29-17-22-15-20(16-30(22)25(29)33)6-5-19-7-9-21(10-8-19)23(31)18-28(2)13-14-37-3/h7-10,15-16,23,31,34H,11-14,17-18H2,1-4H3,(H,27,32)/t23?,26-/m1/s1. The van der Waals surface area contributed by atoms with Gasteiger partial charge in [-0.15, -0.1) is 0 Å². The van der Waals surface area contributed by atoms with Crippen LogP contribution in [0.3, 0.4) is 0 Å². The first-order valence-corrected chi connectivity index (χ1v) is 13.9. The number of aliphatic hydroxyl groups is 1. The normalized spacial score (nSPS) is 15.6. The molecule has 1 aromatic carbocycles. The van der Waals surface area contributed by atoms with Crippen molar-refractivity contribution in [2.75, 3.05) is 46.7 Å². The highest BCUT2D eigenvalue weighted by Gasteiger charge is 2.44. The Morgan fingerprint density at radius 3 is 2.50 bits per heavy atom. The van der Waals surface area contributed by atoms with Gasteiger partial charge in [0.15, 0.2) is 14.6 Å². The van der Waals surface area contributed by atoms with E-state index in [1.807, 2.05) is 36.2 Å². The van der Waals surface area contributed by atoms with Crippen LogP contribution >= 0.6 is 0 Å². The molecule has 38 heavy (non-hydrogen) atoms. The lowest BCUT2D eigenvalue weighted by Gasteiger charge is -2.27. The predicted molar refractivity (Wildman–Crippen MR) is 140 cm³/mol. The van der Waals surface area contributed by atoms with Crippen LogP contribution in [0.25, 0.3) is 0 Å². The van der Waals surface area contributed by atoms with Gasteiger partial charge in [0.25, 0.3) is 5.91 Å². The van der Waals surface area contributed by atoms with E-state index in [9.17, 15) is 23.1 Å². The van der Waals surface area contributed by atoms with Crippen molar-refractivity contribution in [3.05, 3.63) is 58.9 Å². The molecule has 0 saturated carbocycles. The third kappa shape index (κ3) is 6.61. The van der Waals surface area contributed by atoms with Crippen LogP contribution in [-0.4, -0.2) is 96.4 Å². The highest BCUT2D eigenvalue weighted by Crippen LogP contribution is 2.25. The fourth-order valence-electron chi connectivity index (χ4n) is 4.07. The van der Waals surface area contributed by atoms with Gasteiger partial charge in [0.1, 0.15) is 0 Å². The molecule has 2 heterocycles. The average Bonchev–Trinajstić information content (AvgIpc) is 3.41. The summed E-state index contributed by atoms with van der Waals surface area (Å²) in [5.41, 5.74) is 4.30. The molecule has 11 nitrogen and oxygen atoms in total. The van der Waals surface area contributed by atoms with Crippen molar-refractivity contribution < 1.29 is 33.1 Å². The van der Waals surface area contributed by atoms with Gasteiger partial charge in [0.05, 0.1) is 19.3 Å². The van der Waals surface area contributed by atoms with E-state index in [4.69, 9.17) is 9.94 Å². The van der Waals surface area contributed by atoms with Crippen molar-refractivity contribution >= 4 is 21.8 Å². The summed E-state index contributed by atoms with van der Waals surface area (Å²) in [5, 5.41) is 19.4. The summed E-state index contributed by atoms with van der Waals surface area (Å²) < 4.78 is 28.9. The number of nitrogens with one attached hydrogen (secondary N) is 1. The summed E-state index contributed by atoms with van der Waals surface area (Å²) in [4.78, 5) is 28.3. The van der Waals surface area contributed by atoms with E-state index in [1.165, 1.54) is 21.9 Å². The van der Waals surface area contributed by atoms with Gasteiger partial charge < -0.3 is 19.6 Å². The number of hydroxylamine groups is 1. The molecule has 12 heteroatoms. The third-order valence-electron chi connectivity index (χ3n) is 6.80. The number of aliphatic hydroxyl groups excluding tert-OH is 1. The van der Waals surface area contributed by atoms with Crippen LogP contribution in [0, 0.1) is 11.8 Å². The topological polar surface area (TPSA) is 141 Å². The number of rotatable bonds is 11. The molecule has 1 unspecified atom stereocenters. The molecule has 3 rings (SSSR count). The first kappa shape index (κ1) is 29.3. The SMILES string of the molecule is COCCN(C)CC(O)c1ccc(C#Cc2cc3n(c2)C(=O)N(CC[C@](C)(C(=O)NO)S(C)(=O)=O)C3)cc1. The second-order valence-electron chi connectivity index (χ2n) is 9.63. The van der Waals surface area contributed by atoms with Crippen molar-refractivity contribution in [3.63, 3.8) is 0 Å². The molecule has 0 bridgehead atoms. The number of carbonyl (C=O) groups is 2. The van der Waals surface area contributed by atoms with Gasteiger partial charge in [-0.25, -0.2) is 18.7 Å². The Labute approximate surface area is 222 Å². The molecule has 0 fully saturated rings. The lowest BCUT2D eigenvalue weighted by Crippen LogP contribution is -2.50. The van der Waals surface area contributed by atoms with Crippen molar-refractivity contribution in [1.82, 2.24) is 19.8 Å². The molecule has 1 aliphatic rings. The van der Waals surface area contributed by atoms with Crippen LogP contribution in [0.4, 0.5) is 4.79 Å². The van der Waals surface area contributed by atoms with Crippen molar-refractivity contribution in [3.8, 4) is 11.8 Å². The lowest BCUT2D eigenvalue weighted by atomic mass is 10.1. The number of hydrogen-bond acceptors (Lipinski definition) is 8. The van der Waals surface area contributed by atoms with Crippen molar-refractivity contribution in [2.24, 2.45) is 0 Å². The zero-order valence-corrected chi connectivity index (χ0v) is 22.8. The first-order valence-electron chi connectivity index (χ1n) is 12.0. The minimum Gasteiger partial charge on any atom is -0.387 e. The molecule has 3 N–H and O–H groups in total. The van der Waals surface area contributed by atoms with Crippen LogP contribution in [0.2, 0.25) is 0 Å². The highest BCUT2D eigenvalue weighted by molar-refractivity contribution is 7.92. The Bertz CT molecular complexity index is 1330. The number of aromatic nitrogens is 1. The van der Waals surface area contributed by atoms with Gasteiger partial charge in [-0.3, -0.25) is 14.6 Å². The number of hydrogen-bond donors (Lipinski definition) is 3. The Morgan fingerprint density at radius 1 is 1.26 bits per heavy atom. The summed E-state index contributed by atoms with van der Waals surface area (Å²) in [6.45, 7) is 3.27. The molecule has 2 amide bonds. The number of carbonyl (C=O) groups excluding carboxylic acids is 2. The number of nitrogens with zero attached hydrogens (tertiary/aromatic N) is 3. The zero-order chi connectivity index (χ0) is 28.1. The summed E-state index contributed by atoms with van der Waals surface area (Å²) in [5.74, 6) is 5.06. The van der Waals surface area contributed by atoms with E-state index in [0.717, 1.165) is 23.9 Å². The molecule has 0 saturated heterocycles. The molecule has 2 atom stereocenters. The maximum Gasteiger partial charge on any atom is 0.328 e. The Kier molecular flexibility index (Phi) is 9.35. The second-order valence-corrected chi connectivity index (χ2v) is 12.1.